The molecule has 0 aliphatic rings. The predicted molar refractivity (Wildman–Crippen MR) is 111 cm³/mol. The zero-order valence-electron chi connectivity index (χ0n) is 14.0. The molecule has 6 heteroatoms. The van der Waals surface area contributed by atoms with Crippen LogP contribution in [-0.4, -0.2) is 15.8 Å². The Kier molecular flexibility index (Phi) is 4.92. The molecule has 0 spiro atoms. The smallest absolute Gasteiger partial charge is 0.167 e. The number of carbonyl (C=O) groups excluding carboxylic acids is 1. The quantitative estimate of drug-likeness (QED) is 0.381. The van der Waals surface area contributed by atoms with Crippen molar-refractivity contribution in [1.82, 2.24) is 9.97 Å². The van der Waals surface area contributed by atoms with Gasteiger partial charge < -0.3 is 4.98 Å². The maximum atomic E-state index is 12.6. The molecule has 0 amide bonds. The lowest BCUT2D eigenvalue weighted by Crippen LogP contribution is -2.03. The van der Waals surface area contributed by atoms with Crippen molar-refractivity contribution >= 4 is 51.6 Å². The van der Waals surface area contributed by atoms with Crippen LogP contribution in [0.4, 0.5) is 0 Å². The molecule has 0 radical (unpaired) electrons. The number of H-pyrrole nitrogens is 1. The molecule has 0 atom stereocenters. The second-order valence-corrected chi connectivity index (χ2v) is 7.39. The Labute approximate surface area is 170 Å². The van der Waals surface area contributed by atoms with Gasteiger partial charge in [0.2, 0.25) is 0 Å². The second-order valence-electron chi connectivity index (χ2n) is 6.14. The third kappa shape index (κ3) is 3.72. The van der Waals surface area contributed by atoms with Crippen LogP contribution in [0.5, 0.6) is 0 Å². The number of hydrogen-bond acceptors (Lipinski definition) is 2. The molecule has 0 unspecified atom stereocenters. The van der Waals surface area contributed by atoms with E-state index in [2.05, 4.69) is 9.97 Å². The van der Waals surface area contributed by atoms with Gasteiger partial charge in [-0.3, -0.25) is 4.79 Å². The number of carbonyl (C=O) groups is 1. The van der Waals surface area contributed by atoms with Gasteiger partial charge in [0.05, 0.1) is 26.6 Å². The van der Waals surface area contributed by atoms with Crippen LogP contribution in [0.15, 0.2) is 60.7 Å². The zero-order chi connectivity index (χ0) is 19.0. The van der Waals surface area contributed by atoms with Gasteiger partial charge in [-0.05, 0) is 48.0 Å². The Morgan fingerprint density at radius 1 is 0.926 bits per heavy atom. The van der Waals surface area contributed by atoms with E-state index in [-0.39, 0.29) is 5.78 Å². The fourth-order valence-electron chi connectivity index (χ4n) is 2.92. The van der Waals surface area contributed by atoms with Crippen molar-refractivity contribution in [2.45, 2.75) is 6.42 Å². The highest BCUT2D eigenvalue weighted by atomic mass is 35.5. The molecule has 0 aliphatic heterocycles. The Morgan fingerprint density at radius 3 is 2.33 bits per heavy atom. The van der Waals surface area contributed by atoms with Crippen LogP contribution in [0.25, 0.3) is 22.4 Å². The summed E-state index contributed by atoms with van der Waals surface area (Å²) in [4.78, 5) is 20.4. The summed E-state index contributed by atoms with van der Waals surface area (Å²) in [7, 11) is 0. The van der Waals surface area contributed by atoms with Gasteiger partial charge in [-0.25, -0.2) is 4.98 Å². The monoisotopic (exact) mass is 414 g/mol. The minimum Gasteiger partial charge on any atom is -0.338 e. The molecule has 1 aromatic heterocycles. The summed E-state index contributed by atoms with van der Waals surface area (Å²) in [6.45, 7) is 0. The van der Waals surface area contributed by atoms with Crippen molar-refractivity contribution in [2.24, 2.45) is 0 Å². The van der Waals surface area contributed by atoms with E-state index < -0.39 is 0 Å². The lowest BCUT2D eigenvalue weighted by Gasteiger charge is -2.02. The van der Waals surface area contributed by atoms with Crippen LogP contribution in [0.1, 0.15) is 15.9 Å². The Morgan fingerprint density at radius 2 is 1.63 bits per heavy atom. The van der Waals surface area contributed by atoms with Crippen LogP contribution in [0, 0.1) is 0 Å². The number of Topliss-reactive ketones (excluding diaryl/α,β-unsaturated/α-hetero) is 1. The molecule has 0 saturated carbocycles. The molecule has 27 heavy (non-hydrogen) atoms. The molecule has 3 aromatic carbocycles. The van der Waals surface area contributed by atoms with E-state index in [4.69, 9.17) is 34.8 Å². The van der Waals surface area contributed by atoms with Gasteiger partial charge in [-0.1, -0.05) is 53.0 Å². The molecular formula is C21H13Cl3N2O. The number of benzene rings is 3. The third-order valence-corrected chi connectivity index (χ3v) is 5.16. The average Bonchev–Trinajstić information content (AvgIpc) is 3.06. The maximum absolute atomic E-state index is 12.6. The highest BCUT2D eigenvalue weighted by Crippen LogP contribution is 2.34. The van der Waals surface area contributed by atoms with E-state index in [0.717, 1.165) is 16.6 Å². The number of nitrogens with zero attached hydrogens (tertiary/aromatic N) is 1. The fourth-order valence-corrected chi connectivity index (χ4v) is 3.62. The van der Waals surface area contributed by atoms with E-state index in [1.807, 2.05) is 18.2 Å². The Balaban J connectivity index is 1.66. The number of hydrogen-bond donors (Lipinski definition) is 1. The van der Waals surface area contributed by atoms with Crippen LogP contribution in [-0.2, 0) is 6.42 Å². The van der Waals surface area contributed by atoms with E-state index in [9.17, 15) is 4.79 Å². The minimum atomic E-state index is 0.0196. The first-order chi connectivity index (χ1) is 13.0. The highest BCUT2D eigenvalue weighted by Gasteiger charge is 2.14. The number of nitrogens with one attached hydrogen (secondary N) is 1. The zero-order valence-corrected chi connectivity index (χ0v) is 16.2. The molecule has 4 rings (SSSR count). The number of aromatic nitrogens is 2. The summed E-state index contributed by atoms with van der Waals surface area (Å²) in [5, 5.41) is 1.68. The summed E-state index contributed by atoms with van der Waals surface area (Å²) in [5.74, 6) is 0.592. The lowest BCUT2D eigenvalue weighted by atomic mass is 10.0. The second kappa shape index (κ2) is 7.35. The maximum Gasteiger partial charge on any atom is 0.167 e. The first-order valence-electron chi connectivity index (χ1n) is 8.23. The minimum absolute atomic E-state index is 0.0196. The number of imidazole rings is 1. The van der Waals surface area contributed by atoms with Crippen molar-refractivity contribution in [3.05, 3.63) is 86.9 Å². The summed E-state index contributed by atoms with van der Waals surface area (Å²) < 4.78 is 0. The van der Waals surface area contributed by atoms with Gasteiger partial charge in [0.15, 0.2) is 5.78 Å². The average molecular weight is 416 g/mol. The lowest BCUT2D eigenvalue weighted by molar-refractivity contribution is 0.0993. The predicted octanol–water partition coefficient (Wildman–Crippen LogP) is 6.62. The summed E-state index contributed by atoms with van der Waals surface area (Å²) in [6, 6.07) is 18.0. The molecule has 4 aromatic rings. The first-order valence-corrected chi connectivity index (χ1v) is 9.36. The summed E-state index contributed by atoms with van der Waals surface area (Å²) in [6.07, 6.45) is 0.306. The number of rotatable bonds is 4. The van der Waals surface area contributed by atoms with Crippen molar-refractivity contribution < 1.29 is 4.79 Å². The number of fused-ring (bicyclic) bond motifs is 1. The molecule has 1 heterocycles. The Bertz CT molecular complexity index is 1130. The third-order valence-electron chi connectivity index (χ3n) is 4.28. The van der Waals surface area contributed by atoms with Gasteiger partial charge in [0.25, 0.3) is 0 Å². The first kappa shape index (κ1) is 18.1. The molecular weight excluding hydrogens is 403 g/mol. The molecule has 0 saturated heterocycles. The van der Waals surface area contributed by atoms with Crippen molar-refractivity contribution in [1.29, 1.82) is 0 Å². The van der Waals surface area contributed by atoms with Crippen molar-refractivity contribution in [3.63, 3.8) is 0 Å². The van der Waals surface area contributed by atoms with Gasteiger partial charge in [-0.2, -0.15) is 0 Å². The summed E-state index contributed by atoms with van der Waals surface area (Å²) in [5.41, 5.74) is 3.66. The van der Waals surface area contributed by atoms with Crippen molar-refractivity contribution in [3.8, 4) is 11.4 Å². The fraction of sp³-hybridized carbons (Fsp3) is 0.0476. The highest BCUT2D eigenvalue weighted by molar-refractivity contribution is 6.39. The van der Waals surface area contributed by atoms with Crippen LogP contribution < -0.4 is 0 Å². The number of aromatic amines is 1. The standard InChI is InChI=1S/C21H13Cl3N2O/c22-14-7-4-12(5-8-14)10-19(27)13-6-9-17-18(11-13)26-21(25-17)20-15(23)2-1-3-16(20)24/h1-9,11H,10H2,(H,25,26). The molecule has 3 nitrogen and oxygen atoms in total. The molecule has 134 valence electrons. The van der Waals surface area contributed by atoms with Gasteiger partial charge in [0.1, 0.15) is 5.82 Å². The molecule has 0 fully saturated rings. The number of ketones is 1. The van der Waals surface area contributed by atoms with Gasteiger partial charge in [-0.15, -0.1) is 0 Å². The molecule has 1 N–H and O–H groups in total. The number of halogens is 3. The Hall–Kier alpha value is -2.33. The van der Waals surface area contributed by atoms with Gasteiger partial charge >= 0.3 is 0 Å². The van der Waals surface area contributed by atoms with E-state index in [0.29, 0.717) is 38.4 Å². The largest absolute Gasteiger partial charge is 0.338 e. The van der Waals surface area contributed by atoms with E-state index in [1.165, 1.54) is 0 Å². The van der Waals surface area contributed by atoms with E-state index >= 15 is 0 Å². The van der Waals surface area contributed by atoms with Crippen LogP contribution >= 0.6 is 34.8 Å². The van der Waals surface area contributed by atoms with Crippen molar-refractivity contribution in [2.75, 3.05) is 0 Å². The topological polar surface area (TPSA) is 45.8 Å². The molecule has 0 bridgehead atoms. The molecule has 0 aliphatic carbocycles. The summed E-state index contributed by atoms with van der Waals surface area (Å²) >= 11 is 18.4. The SMILES string of the molecule is O=C(Cc1ccc(Cl)cc1)c1ccc2nc(-c3c(Cl)cccc3Cl)[nH]c2c1. The van der Waals surface area contributed by atoms with E-state index in [1.54, 1.807) is 42.5 Å². The van der Waals surface area contributed by atoms with Gasteiger partial charge in [0, 0.05) is 17.0 Å². The normalized spacial score (nSPS) is 11.1. The van der Waals surface area contributed by atoms with Crippen LogP contribution in [0.3, 0.4) is 0 Å². The van der Waals surface area contributed by atoms with Crippen LogP contribution in [0.2, 0.25) is 15.1 Å².